The van der Waals surface area contributed by atoms with E-state index in [9.17, 15) is 14.4 Å². The van der Waals surface area contributed by atoms with Gasteiger partial charge in [-0.05, 0) is 11.1 Å². The van der Waals surface area contributed by atoms with Gasteiger partial charge >= 0.3 is 12.1 Å². The maximum atomic E-state index is 12.5. The number of hydrogen-bond acceptors (Lipinski definition) is 5. The molecule has 0 unspecified atom stereocenters. The molecule has 0 heterocycles. The average molecular weight is 355 g/mol. The number of ether oxygens (including phenoxy) is 2. The fraction of sp³-hybridized carbons (Fsp3) is 0.250. The van der Waals surface area contributed by atoms with Gasteiger partial charge in [-0.3, -0.25) is 9.59 Å². The van der Waals surface area contributed by atoms with E-state index in [1.165, 1.54) is 7.11 Å². The lowest BCUT2D eigenvalue weighted by molar-refractivity contribution is -0.142. The molecule has 0 radical (unpaired) electrons. The molecular formula is C20H21NO5. The minimum atomic E-state index is -0.885. The van der Waals surface area contributed by atoms with Gasteiger partial charge in [-0.1, -0.05) is 60.7 Å². The normalized spacial score (nSPS) is 11.3. The summed E-state index contributed by atoms with van der Waals surface area (Å²) in [7, 11) is 1.26. The van der Waals surface area contributed by atoms with Crippen LogP contribution in [0.15, 0.2) is 60.7 Å². The minimum absolute atomic E-state index is 0.0365. The van der Waals surface area contributed by atoms with Gasteiger partial charge in [-0.15, -0.1) is 0 Å². The van der Waals surface area contributed by atoms with Crippen LogP contribution in [0.3, 0.4) is 0 Å². The lowest BCUT2D eigenvalue weighted by Gasteiger charge is -2.18. The lowest BCUT2D eigenvalue weighted by atomic mass is 10.00. The number of benzene rings is 2. The zero-order valence-electron chi connectivity index (χ0n) is 14.5. The Morgan fingerprint density at radius 3 is 2.15 bits per heavy atom. The zero-order valence-corrected chi connectivity index (χ0v) is 14.5. The van der Waals surface area contributed by atoms with E-state index in [1.807, 2.05) is 36.4 Å². The average Bonchev–Trinajstić information content (AvgIpc) is 2.69. The number of methoxy groups -OCH3 is 1. The summed E-state index contributed by atoms with van der Waals surface area (Å²) in [5.74, 6) is -0.768. The summed E-state index contributed by atoms with van der Waals surface area (Å²) in [6.45, 7) is 0.102. The second kappa shape index (κ2) is 9.98. The molecule has 2 aromatic carbocycles. The van der Waals surface area contributed by atoms with Gasteiger partial charge in [0.25, 0.3) is 0 Å². The smallest absolute Gasteiger partial charge is 0.408 e. The van der Waals surface area contributed by atoms with E-state index < -0.39 is 18.1 Å². The van der Waals surface area contributed by atoms with Crippen molar-refractivity contribution in [2.75, 3.05) is 7.11 Å². The van der Waals surface area contributed by atoms with Gasteiger partial charge in [-0.2, -0.15) is 0 Å². The highest BCUT2D eigenvalue weighted by Gasteiger charge is 2.23. The summed E-state index contributed by atoms with van der Waals surface area (Å²) >= 11 is 0. The van der Waals surface area contributed by atoms with Crippen molar-refractivity contribution in [3.05, 3.63) is 71.8 Å². The molecule has 1 N–H and O–H groups in total. The van der Waals surface area contributed by atoms with E-state index in [-0.39, 0.29) is 25.2 Å². The summed E-state index contributed by atoms with van der Waals surface area (Å²) in [6, 6.07) is 17.2. The first-order chi connectivity index (χ1) is 12.6. The van der Waals surface area contributed by atoms with Crippen LogP contribution in [0, 0.1) is 0 Å². The molecule has 6 heteroatoms. The number of Topliss-reactive ketones (excluding diaryl/α,β-unsaturated/α-hetero) is 1. The molecule has 1 atom stereocenters. The van der Waals surface area contributed by atoms with E-state index in [0.717, 1.165) is 5.56 Å². The van der Waals surface area contributed by atoms with E-state index in [1.54, 1.807) is 24.3 Å². The molecule has 2 rings (SSSR count). The first kappa shape index (κ1) is 19.2. The van der Waals surface area contributed by atoms with Crippen molar-refractivity contribution in [3.8, 4) is 0 Å². The Balaban J connectivity index is 2.00. The maximum Gasteiger partial charge on any atom is 0.408 e. The molecular weight excluding hydrogens is 334 g/mol. The van der Waals surface area contributed by atoms with Crippen LogP contribution in [-0.4, -0.2) is 25.0 Å². The van der Waals surface area contributed by atoms with Crippen molar-refractivity contribution in [1.82, 2.24) is 5.32 Å². The van der Waals surface area contributed by atoms with E-state index in [4.69, 9.17) is 4.74 Å². The second-order valence-electron chi connectivity index (χ2n) is 5.59. The number of carbonyl (C=O) groups excluding carboxylic acids is 3. The van der Waals surface area contributed by atoms with Gasteiger partial charge in [0, 0.05) is 6.42 Å². The number of hydrogen-bond donors (Lipinski definition) is 1. The topological polar surface area (TPSA) is 81.7 Å². The van der Waals surface area contributed by atoms with Crippen molar-refractivity contribution in [2.24, 2.45) is 0 Å². The van der Waals surface area contributed by atoms with Crippen LogP contribution in [0.1, 0.15) is 30.0 Å². The number of nitrogens with one attached hydrogen (secondary N) is 1. The second-order valence-corrected chi connectivity index (χ2v) is 5.59. The predicted octanol–water partition coefficient (Wildman–Crippen LogP) is 3.18. The fourth-order valence-electron chi connectivity index (χ4n) is 2.35. The molecule has 6 nitrogen and oxygen atoms in total. The number of carbonyl (C=O) groups is 3. The molecule has 0 saturated carbocycles. The highest BCUT2D eigenvalue weighted by Crippen LogP contribution is 2.17. The van der Waals surface area contributed by atoms with Crippen molar-refractivity contribution >= 4 is 17.8 Å². The van der Waals surface area contributed by atoms with Crippen molar-refractivity contribution < 1.29 is 23.9 Å². The number of ketones is 1. The number of amides is 1. The van der Waals surface area contributed by atoms with Gasteiger partial charge in [0.05, 0.1) is 13.5 Å². The minimum Gasteiger partial charge on any atom is -0.469 e. The molecule has 0 aliphatic heterocycles. The Bertz CT molecular complexity index is 730. The summed E-state index contributed by atoms with van der Waals surface area (Å²) in [5.41, 5.74) is 1.47. The third-order valence-corrected chi connectivity index (χ3v) is 3.73. The third-order valence-electron chi connectivity index (χ3n) is 3.73. The summed E-state index contributed by atoms with van der Waals surface area (Å²) in [6.07, 6.45) is -0.779. The van der Waals surface area contributed by atoms with Crippen molar-refractivity contribution in [1.29, 1.82) is 0 Å². The fourth-order valence-corrected chi connectivity index (χ4v) is 2.35. The molecule has 0 spiro atoms. The van der Waals surface area contributed by atoms with Gasteiger partial charge in [0.2, 0.25) is 0 Å². The molecule has 0 fully saturated rings. The van der Waals surface area contributed by atoms with Crippen molar-refractivity contribution in [2.45, 2.75) is 25.5 Å². The van der Waals surface area contributed by atoms with Crippen LogP contribution in [0.2, 0.25) is 0 Å². The molecule has 0 aliphatic rings. The number of rotatable bonds is 8. The first-order valence-corrected chi connectivity index (χ1v) is 8.22. The molecule has 2 aromatic rings. The Labute approximate surface area is 152 Å². The maximum absolute atomic E-state index is 12.5. The van der Waals surface area contributed by atoms with Crippen LogP contribution in [0.25, 0.3) is 0 Å². The highest BCUT2D eigenvalue weighted by atomic mass is 16.5. The number of alkyl carbamates (subject to hydrolysis) is 1. The third kappa shape index (κ3) is 6.05. The van der Waals surface area contributed by atoms with E-state index >= 15 is 0 Å². The molecule has 0 bridgehead atoms. The highest BCUT2D eigenvalue weighted by molar-refractivity contribution is 5.90. The van der Waals surface area contributed by atoms with E-state index in [0.29, 0.717) is 5.56 Å². The van der Waals surface area contributed by atoms with Crippen LogP contribution in [0.5, 0.6) is 0 Å². The van der Waals surface area contributed by atoms with Crippen LogP contribution < -0.4 is 5.32 Å². The molecule has 1 amide bonds. The molecule has 136 valence electrons. The summed E-state index contributed by atoms with van der Waals surface area (Å²) in [4.78, 5) is 35.9. The number of esters is 1. The Hall–Kier alpha value is -3.15. The van der Waals surface area contributed by atoms with Crippen LogP contribution >= 0.6 is 0 Å². The van der Waals surface area contributed by atoms with Gasteiger partial charge in [0.1, 0.15) is 12.6 Å². The Morgan fingerprint density at radius 2 is 1.54 bits per heavy atom. The van der Waals surface area contributed by atoms with Crippen LogP contribution in [0.4, 0.5) is 4.79 Å². The Morgan fingerprint density at radius 1 is 0.923 bits per heavy atom. The summed E-state index contributed by atoms with van der Waals surface area (Å²) in [5, 5.41) is 2.58. The van der Waals surface area contributed by atoms with Gasteiger partial charge < -0.3 is 14.8 Å². The van der Waals surface area contributed by atoms with Crippen molar-refractivity contribution in [3.63, 3.8) is 0 Å². The monoisotopic (exact) mass is 355 g/mol. The quantitative estimate of drug-likeness (QED) is 0.736. The Kier molecular flexibility index (Phi) is 7.36. The van der Waals surface area contributed by atoms with Crippen LogP contribution in [-0.2, 0) is 25.7 Å². The van der Waals surface area contributed by atoms with Gasteiger partial charge in [0.15, 0.2) is 5.78 Å². The molecule has 26 heavy (non-hydrogen) atoms. The van der Waals surface area contributed by atoms with E-state index in [2.05, 4.69) is 10.1 Å². The SMILES string of the molecule is COC(=O)CCC(=O)[C@H](NC(=O)OCc1ccccc1)c1ccccc1. The van der Waals surface area contributed by atoms with Gasteiger partial charge in [-0.25, -0.2) is 4.79 Å². The largest absolute Gasteiger partial charge is 0.469 e. The molecule has 0 aromatic heterocycles. The standard InChI is InChI=1S/C20H21NO5/c1-25-18(23)13-12-17(22)19(16-10-6-3-7-11-16)21-20(24)26-14-15-8-4-2-5-9-15/h2-11,19H,12-14H2,1H3,(H,21,24)/t19-/m1/s1. The molecule has 0 saturated heterocycles. The summed E-state index contributed by atoms with van der Waals surface area (Å²) < 4.78 is 9.73. The zero-order chi connectivity index (χ0) is 18.8. The molecule has 0 aliphatic carbocycles. The predicted molar refractivity (Wildman–Crippen MR) is 95.2 cm³/mol. The lowest BCUT2D eigenvalue weighted by Crippen LogP contribution is -2.34. The first-order valence-electron chi connectivity index (χ1n) is 8.22.